The molecule has 0 saturated heterocycles. The molecule has 0 saturated carbocycles. The molecule has 0 aromatic carbocycles. The van der Waals surface area contributed by atoms with E-state index in [2.05, 4.69) is 17.9 Å². The normalized spacial score (nSPS) is 11.7. The smallest absolute Gasteiger partial charge is 0.238 e. The SMILES string of the molecule is CC(=O)NCN(C(=O)CN)[C@@H](C=O)CS. The van der Waals surface area contributed by atoms with E-state index in [1.54, 1.807) is 0 Å². The number of rotatable bonds is 6. The van der Waals surface area contributed by atoms with Gasteiger partial charge in [0.25, 0.3) is 0 Å². The van der Waals surface area contributed by atoms with E-state index < -0.39 is 11.9 Å². The number of nitrogens with one attached hydrogen (secondary N) is 1. The molecule has 0 spiro atoms. The lowest BCUT2D eigenvalue weighted by molar-refractivity contribution is -0.135. The number of thiol groups is 1. The predicted octanol–water partition coefficient (Wildman–Crippen LogP) is -1.64. The number of nitrogens with two attached hydrogens (primary N) is 1. The first-order valence-electron chi connectivity index (χ1n) is 4.37. The van der Waals surface area contributed by atoms with Crippen LogP contribution in [-0.2, 0) is 14.4 Å². The van der Waals surface area contributed by atoms with E-state index in [0.717, 1.165) is 0 Å². The highest BCUT2D eigenvalue weighted by Crippen LogP contribution is 1.98. The van der Waals surface area contributed by atoms with Crippen LogP contribution >= 0.6 is 12.6 Å². The van der Waals surface area contributed by atoms with Gasteiger partial charge in [0, 0.05) is 12.7 Å². The molecule has 0 radical (unpaired) electrons. The van der Waals surface area contributed by atoms with Crippen LogP contribution in [0.2, 0.25) is 0 Å². The lowest BCUT2D eigenvalue weighted by Gasteiger charge is -2.26. The topological polar surface area (TPSA) is 92.5 Å². The molecule has 86 valence electrons. The monoisotopic (exact) mass is 233 g/mol. The van der Waals surface area contributed by atoms with Crippen LogP contribution in [0.3, 0.4) is 0 Å². The number of amides is 2. The van der Waals surface area contributed by atoms with Gasteiger partial charge in [-0.15, -0.1) is 0 Å². The van der Waals surface area contributed by atoms with E-state index >= 15 is 0 Å². The Kier molecular flexibility index (Phi) is 6.72. The number of aldehydes is 1. The molecule has 0 unspecified atom stereocenters. The lowest BCUT2D eigenvalue weighted by atomic mass is 10.3. The highest BCUT2D eigenvalue weighted by atomic mass is 32.1. The van der Waals surface area contributed by atoms with Gasteiger partial charge in [-0.3, -0.25) is 9.59 Å². The van der Waals surface area contributed by atoms with Crippen molar-refractivity contribution >= 4 is 30.7 Å². The molecule has 7 heteroatoms. The summed E-state index contributed by atoms with van der Waals surface area (Å²) < 4.78 is 0. The molecule has 0 aromatic rings. The van der Waals surface area contributed by atoms with Gasteiger partial charge in [0.15, 0.2) is 0 Å². The molecule has 1 atom stereocenters. The van der Waals surface area contributed by atoms with Crippen LogP contribution in [0, 0.1) is 0 Å². The standard InChI is InChI=1S/C8H15N3O3S/c1-6(13)10-5-11(8(14)2-9)7(3-12)4-15/h3,7,15H,2,4-5,9H2,1H3,(H,10,13)/t7-/m0/s1. The first kappa shape index (κ1) is 13.9. The van der Waals surface area contributed by atoms with Crippen molar-refractivity contribution in [3.63, 3.8) is 0 Å². The Bertz CT molecular complexity index is 247. The maximum atomic E-state index is 11.3. The van der Waals surface area contributed by atoms with Crippen molar-refractivity contribution in [3.05, 3.63) is 0 Å². The van der Waals surface area contributed by atoms with Crippen molar-refractivity contribution in [1.29, 1.82) is 0 Å². The van der Waals surface area contributed by atoms with Gasteiger partial charge < -0.3 is 20.7 Å². The van der Waals surface area contributed by atoms with Gasteiger partial charge in [0.05, 0.1) is 19.3 Å². The third kappa shape index (κ3) is 4.80. The first-order chi connectivity index (χ1) is 7.06. The van der Waals surface area contributed by atoms with Crippen molar-refractivity contribution in [2.75, 3.05) is 19.0 Å². The van der Waals surface area contributed by atoms with Gasteiger partial charge in [0.1, 0.15) is 6.29 Å². The summed E-state index contributed by atoms with van der Waals surface area (Å²) in [5, 5.41) is 2.43. The maximum Gasteiger partial charge on any atom is 0.238 e. The summed E-state index contributed by atoms with van der Waals surface area (Å²) in [6.45, 7) is 1.08. The number of carbonyl (C=O) groups is 3. The van der Waals surface area contributed by atoms with Gasteiger partial charge in [-0.25, -0.2) is 0 Å². The zero-order chi connectivity index (χ0) is 11.8. The molecule has 0 aliphatic carbocycles. The average molecular weight is 233 g/mol. The molecular formula is C8H15N3O3S. The number of nitrogens with zero attached hydrogens (tertiary/aromatic N) is 1. The molecule has 0 aliphatic heterocycles. The Hall–Kier alpha value is -1.08. The fourth-order valence-corrected chi connectivity index (χ4v) is 1.20. The Morgan fingerprint density at radius 2 is 2.20 bits per heavy atom. The second-order valence-electron chi connectivity index (χ2n) is 2.84. The fraction of sp³-hybridized carbons (Fsp3) is 0.625. The number of carbonyl (C=O) groups excluding carboxylic acids is 3. The summed E-state index contributed by atoms with van der Waals surface area (Å²) in [7, 11) is 0. The molecule has 3 N–H and O–H groups in total. The molecule has 0 bridgehead atoms. The minimum atomic E-state index is -0.670. The fourth-order valence-electron chi connectivity index (χ4n) is 0.919. The Morgan fingerprint density at radius 1 is 1.60 bits per heavy atom. The predicted molar refractivity (Wildman–Crippen MR) is 58.3 cm³/mol. The largest absolute Gasteiger partial charge is 0.339 e. The van der Waals surface area contributed by atoms with Crippen LogP contribution in [0.5, 0.6) is 0 Å². The van der Waals surface area contributed by atoms with E-state index in [1.165, 1.54) is 11.8 Å². The van der Waals surface area contributed by atoms with E-state index in [0.29, 0.717) is 6.29 Å². The van der Waals surface area contributed by atoms with E-state index in [4.69, 9.17) is 5.73 Å². The van der Waals surface area contributed by atoms with Crippen molar-refractivity contribution in [1.82, 2.24) is 10.2 Å². The first-order valence-corrected chi connectivity index (χ1v) is 5.00. The van der Waals surface area contributed by atoms with Crippen LogP contribution in [0.15, 0.2) is 0 Å². The summed E-state index contributed by atoms with van der Waals surface area (Å²) in [6, 6.07) is -0.670. The lowest BCUT2D eigenvalue weighted by Crippen LogP contribution is -2.50. The summed E-state index contributed by atoms with van der Waals surface area (Å²) in [5.74, 6) is -0.502. The van der Waals surface area contributed by atoms with Crippen LogP contribution in [-0.4, -0.2) is 48.0 Å². The second kappa shape index (κ2) is 7.24. The highest BCUT2D eigenvalue weighted by Gasteiger charge is 2.20. The molecule has 2 amide bonds. The second-order valence-corrected chi connectivity index (χ2v) is 3.21. The van der Waals surface area contributed by atoms with Crippen LogP contribution in [0.4, 0.5) is 0 Å². The zero-order valence-electron chi connectivity index (χ0n) is 8.47. The van der Waals surface area contributed by atoms with Crippen LogP contribution in [0.25, 0.3) is 0 Å². The third-order valence-corrected chi connectivity index (χ3v) is 2.11. The third-order valence-electron chi connectivity index (χ3n) is 1.74. The molecule has 0 aromatic heterocycles. The van der Waals surface area contributed by atoms with Crippen molar-refractivity contribution in [3.8, 4) is 0 Å². The van der Waals surface area contributed by atoms with Crippen molar-refractivity contribution < 1.29 is 14.4 Å². The minimum absolute atomic E-state index is 0.0324. The van der Waals surface area contributed by atoms with Gasteiger partial charge in [0.2, 0.25) is 11.8 Å². The Balaban J connectivity index is 4.48. The summed E-state index contributed by atoms with van der Waals surface area (Å²) in [5.41, 5.74) is 5.18. The Labute approximate surface area is 93.6 Å². The molecule has 6 nitrogen and oxygen atoms in total. The molecule has 0 rings (SSSR count). The van der Waals surface area contributed by atoms with Crippen LogP contribution < -0.4 is 11.1 Å². The zero-order valence-corrected chi connectivity index (χ0v) is 9.37. The highest BCUT2D eigenvalue weighted by molar-refractivity contribution is 7.80. The van der Waals surface area contributed by atoms with Gasteiger partial charge in [-0.1, -0.05) is 0 Å². The Morgan fingerprint density at radius 3 is 2.53 bits per heavy atom. The molecule has 0 heterocycles. The number of hydrogen-bond acceptors (Lipinski definition) is 5. The van der Waals surface area contributed by atoms with Gasteiger partial charge in [-0.2, -0.15) is 12.6 Å². The van der Waals surface area contributed by atoms with Crippen molar-refractivity contribution in [2.24, 2.45) is 5.73 Å². The van der Waals surface area contributed by atoms with Crippen LogP contribution in [0.1, 0.15) is 6.92 Å². The summed E-state index contributed by atoms with van der Waals surface area (Å²) in [4.78, 5) is 33.8. The van der Waals surface area contributed by atoms with E-state index in [9.17, 15) is 14.4 Å². The molecule has 0 aliphatic rings. The van der Waals surface area contributed by atoms with E-state index in [1.807, 2.05) is 0 Å². The molecule has 0 fully saturated rings. The van der Waals surface area contributed by atoms with Gasteiger partial charge >= 0.3 is 0 Å². The van der Waals surface area contributed by atoms with Gasteiger partial charge in [-0.05, 0) is 0 Å². The maximum absolute atomic E-state index is 11.3. The minimum Gasteiger partial charge on any atom is -0.339 e. The summed E-state index contributed by atoms with van der Waals surface area (Å²) in [6.07, 6.45) is 0.600. The quantitative estimate of drug-likeness (QED) is 0.291. The summed E-state index contributed by atoms with van der Waals surface area (Å²) >= 11 is 3.93. The average Bonchev–Trinajstić information content (AvgIpc) is 2.22. The number of hydrogen-bond donors (Lipinski definition) is 3. The molecular weight excluding hydrogens is 218 g/mol. The van der Waals surface area contributed by atoms with E-state index in [-0.39, 0.29) is 24.9 Å². The van der Waals surface area contributed by atoms with Crippen molar-refractivity contribution in [2.45, 2.75) is 13.0 Å². The molecule has 15 heavy (non-hydrogen) atoms.